The molecule has 0 aliphatic carbocycles. The van der Waals surface area contributed by atoms with E-state index < -0.39 is 0 Å². The number of likely N-dealkylation sites (tertiary alicyclic amines) is 1. The van der Waals surface area contributed by atoms with Crippen LogP contribution in [-0.2, 0) is 6.42 Å². The number of piperidine rings is 1. The predicted molar refractivity (Wildman–Crippen MR) is 137 cm³/mol. The van der Waals surface area contributed by atoms with Gasteiger partial charge in [-0.1, -0.05) is 12.1 Å². The van der Waals surface area contributed by atoms with Gasteiger partial charge in [-0.15, -0.1) is 0 Å². The molecule has 1 saturated heterocycles. The molecule has 2 aromatic rings. The van der Waals surface area contributed by atoms with E-state index >= 15 is 0 Å². The molecule has 192 valence electrons. The number of rotatable bonds is 5. The third-order valence-electron chi connectivity index (χ3n) is 6.99. The number of hydrogen-bond donors (Lipinski definition) is 2. The van der Waals surface area contributed by atoms with Crippen LogP contribution in [0.4, 0.5) is 4.79 Å². The highest BCUT2D eigenvalue weighted by Gasteiger charge is 2.29. The summed E-state index contributed by atoms with van der Waals surface area (Å²) in [4.78, 5) is 27.6. The zero-order valence-corrected chi connectivity index (χ0v) is 21.3. The van der Waals surface area contributed by atoms with Crippen molar-refractivity contribution in [1.29, 1.82) is 0 Å². The fourth-order valence-electron chi connectivity index (χ4n) is 4.82. The number of nitrogens with zero attached hydrogens (tertiary/aromatic N) is 3. The molecule has 2 N–H and O–H groups in total. The molecule has 9 nitrogen and oxygen atoms in total. The SMILES string of the molecule is CNC(=O)N1N=C(c2ccc(C(=O)N3CCC(CO)CC3)cc2)c2cc(OC)c(OC)cc2C[C@H]1C. The summed E-state index contributed by atoms with van der Waals surface area (Å²) in [6, 6.07) is 10.7. The summed E-state index contributed by atoms with van der Waals surface area (Å²) in [5.74, 6) is 1.43. The van der Waals surface area contributed by atoms with E-state index in [1.165, 1.54) is 5.01 Å². The van der Waals surface area contributed by atoms with Crippen LogP contribution in [0.1, 0.15) is 46.8 Å². The molecule has 2 aromatic carbocycles. The van der Waals surface area contributed by atoms with Crippen molar-refractivity contribution >= 4 is 17.6 Å². The number of aliphatic hydroxyl groups is 1. The van der Waals surface area contributed by atoms with Gasteiger partial charge in [0.25, 0.3) is 5.91 Å². The summed E-state index contributed by atoms with van der Waals surface area (Å²) in [5, 5.41) is 18.3. The number of fused-ring (bicyclic) bond motifs is 1. The molecular weight excluding hydrogens is 460 g/mol. The Kier molecular flexibility index (Phi) is 7.79. The number of ether oxygens (including phenoxy) is 2. The summed E-state index contributed by atoms with van der Waals surface area (Å²) >= 11 is 0. The van der Waals surface area contributed by atoms with Gasteiger partial charge in [0.2, 0.25) is 0 Å². The first-order valence-electron chi connectivity index (χ1n) is 12.3. The van der Waals surface area contributed by atoms with Crippen molar-refractivity contribution < 1.29 is 24.2 Å². The monoisotopic (exact) mass is 494 g/mol. The number of nitrogens with one attached hydrogen (secondary N) is 1. The highest BCUT2D eigenvalue weighted by molar-refractivity contribution is 6.15. The van der Waals surface area contributed by atoms with E-state index in [4.69, 9.17) is 14.6 Å². The standard InChI is InChI=1S/C27H34N4O5/c1-17-13-21-14-23(35-3)24(36-4)15-22(21)25(29-31(17)27(34)28-2)19-5-7-20(8-6-19)26(33)30-11-9-18(16-32)10-12-30/h5-8,14-15,17-18,32H,9-13,16H2,1-4H3,(H,28,34)/t17-/m1/s1. The second kappa shape index (κ2) is 11.0. The quantitative estimate of drug-likeness (QED) is 0.665. The third-order valence-corrected chi connectivity index (χ3v) is 6.99. The molecule has 2 aliphatic heterocycles. The number of carbonyl (C=O) groups excluding carboxylic acids is 2. The van der Waals surface area contributed by atoms with E-state index in [9.17, 15) is 14.7 Å². The van der Waals surface area contributed by atoms with Gasteiger partial charge in [0.15, 0.2) is 11.5 Å². The van der Waals surface area contributed by atoms with Gasteiger partial charge in [-0.25, -0.2) is 9.80 Å². The van der Waals surface area contributed by atoms with Crippen molar-refractivity contribution in [2.45, 2.75) is 32.2 Å². The highest BCUT2D eigenvalue weighted by atomic mass is 16.5. The summed E-state index contributed by atoms with van der Waals surface area (Å²) in [7, 11) is 4.76. The molecule has 36 heavy (non-hydrogen) atoms. The number of carbonyl (C=O) groups is 2. The molecular formula is C27H34N4O5. The molecule has 0 unspecified atom stereocenters. The molecule has 1 fully saturated rings. The number of methoxy groups -OCH3 is 2. The maximum atomic E-state index is 13.1. The van der Waals surface area contributed by atoms with E-state index in [1.54, 1.807) is 33.4 Å². The molecule has 2 aliphatic rings. The number of aliphatic hydroxyl groups excluding tert-OH is 1. The van der Waals surface area contributed by atoms with E-state index in [0.29, 0.717) is 42.3 Å². The van der Waals surface area contributed by atoms with Crippen LogP contribution in [0.25, 0.3) is 0 Å². The maximum absolute atomic E-state index is 13.1. The van der Waals surface area contributed by atoms with Gasteiger partial charge in [-0.3, -0.25) is 4.79 Å². The normalized spacial score (nSPS) is 18.1. The molecule has 0 aromatic heterocycles. The Bertz CT molecular complexity index is 1140. The molecule has 1 atom stereocenters. The molecule has 0 spiro atoms. The van der Waals surface area contributed by atoms with E-state index in [1.807, 2.05) is 36.1 Å². The fourth-order valence-corrected chi connectivity index (χ4v) is 4.82. The largest absolute Gasteiger partial charge is 0.493 e. The van der Waals surface area contributed by atoms with Crippen LogP contribution in [0, 0.1) is 5.92 Å². The van der Waals surface area contributed by atoms with Crippen molar-refractivity contribution in [3.8, 4) is 11.5 Å². The molecule has 9 heteroatoms. The molecule has 0 saturated carbocycles. The Morgan fingerprint density at radius 2 is 1.72 bits per heavy atom. The second-order valence-electron chi connectivity index (χ2n) is 9.26. The van der Waals surface area contributed by atoms with Gasteiger partial charge < -0.3 is 24.8 Å². The van der Waals surface area contributed by atoms with Crippen LogP contribution in [0.3, 0.4) is 0 Å². The van der Waals surface area contributed by atoms with Gasteiger partial charge in [0, 0.05) is 43.4 Å². The average Bonchev–Trinajstić information content (AvgIpc) is 3.06. The van der Waals surface area contributed by atoms with Crippen molar-refractivity contribution in [3.05, 3.63) is 58.7 Å². The Hall–Kier alpha value is -3.59. The zero-order valence-electron chi connectivity index (χ0n) is 21.3. The van der Waals surface area contributed by atoms with Crippen LogP contribution < -0.4 is 14.8 Å². The summed E-state index contributed by atoms with van der Waals surface area (Å²) < 4.78 is 11.1. The highest BCUT2D eigenvalue weighted by Crippen LogP contribution is 2.34. The number of urea groups is 1. The maximum Gasteiger partial charge on any atom is 0.337 e. The average molecular weight is 495 g/mol. The lowest BCUT2D eigenvalue weighted by Gasteiger charge is -2.31. The Morgan fingerprint density at radius 3 is 2.31 bits per heavy atom. The van der Waals surface area contributed by atoms with E-state index in [2.05, 4.69) is 5.32 Å². The third kappa shape index (κ3) is 5.02. The summed E-state index contributed by atoms with van der Waals surface area (Å²) in [6.45, 7) is 3.41. The molecule has 3 amide bonds. The van der Waals surface area contributed by atoms with Crippen LogP contribution in [-0.4, -0.2) is 79.7 Å². The number of hydrazone groups is 1. The first-order chi connectivity index (χ1) is 17.4. The van der Waals surface area contributed by atoms with Crippen molar-refractivity contribution in [2.24, 2.45) is 11.0 Å². The predicted octanol–water partition coefficient (Wildman–Crippen LogP) is 2.89. The van der Waals surface area contributed by atoms with Gasteiger partial charge >= 0.3 is 6.03 Å². The minimum atomic E-state index is -0.301. The molecule has 0 radical (unpaired) electrons. The summed E-state index contributed by atoms with van der Waals surface area (Å²) in [6.07, 6.45) is 2.20. The Labute approximate surface area is 211 Å². The first kappa shape index (κ1) is 25.5. The fraction of sp³-hybridized carbons (Fsp3) is 0.444. The number of hydrogen-bond acceptors (Lipinski definition) is 6. The molecule has 0 bridgehead atoms. The van der Waals surface area contributed by atoms with Crippen LogP contribution in [0.2, 0.25) is 0 Å². The first-order valence-corrected chi connectivity index (χ1v) is 12.3. The summed E-state index contributed by atoms with van der Waals surface area (Å²) in [5.41, 5.74) is 3.82. The zero-order chi connectivity index (χ0) is 25.8. The van der Waals surface area contributed by atoms with Crippen molar-refractivity contribution in [2.75, 3.05) is 41.0 Å². The lowest BCUT2D eigenvalue weighted by molar-refractivity contribution is 0.0651. The van der Waals surface area contributed by atoms with Crippen molar-refractivity contribution in [1.82, 2.24) is 15.2 Å². The van der Waals surface area contributed by atoms with Crippen LogP contribution >= 0.6 is 0 Å². The molecule has 2 heterocycles. The van der Waals surface area contributed by atoms with Gasteiger partial charge in [0.05, 0.1) is 26.0 Å². The van der Waals surface area contributed by atoms with Crippen LogP contribution in [0.5, 0.6) is 11.5 Å². The minimum Gasteiger partial charge on any atom is -0.493 e. The lowest BCUT2D eigenvalue weighted by Crippen LogP contribution is -2.41. The number of amides is 3. The van der Waals surface area contributed by atoms with Crippen molar-refractivity contribution in [3.63, 3.8) is 0 Å². The Morgan fingerprint density at radius 1 is 1.08 bits per heavy atom. The van der Waals surface area contributed by atoms with Crippen LogP contribution in [0.15, 0.2) is 41.5 Å². The smallest absolute Gasteiger partial charge is 0.337 e. The lowest BCUT2D eigenvalue weighted by atomic mass is 9.93. The Balaban J connectivity index is 1.71. The van der Waals surface area contributed by atoms with Gasteiger partial charge in [-0.05, 0) is 61.9 Å². The number of benzene rings is 2. The van der Waals surface area contributed by atoms with E-state index in [-0.39, 0.29) is 30.5 Å². The molecule has 4 rings (SSSR count). The van der Waals surface area contributed by atoms with Gasteiger partial charge in [-0.2, -0.15) is 5.10 Å². The second-order valence-corrected chi connectivity index (χ2v) is 9.26. The topological polar surface area (TPSA) is 104 Å². The van der Waals surface area contributed by atoms with E-state index in [0.717, 1.165) is 29.5 Å². The minimum absolute atomic E-state index is 0.0202. The van der Waals surface area contributed by atoms with Gasteiger partial charge in [0.1, 0.15) is 0 Å².